The highest BCUT2D eigenvalue weighted by molar-refractivity contribution is 7.13. The fourth-order valence-corrected chi connectivity index (χ4v) is 5.14. The van der Waals surface area contributed by atoms with E-state index in [0.29, 0.717) is 5.95 Å². The van der Waals surface area contributed by atoms with Crippen molar-refractivity contribution in [1.29, 1.82) is 0 Å². The van der Waals surface area contributed by atoms with Crippen LogP contribution in [0.4, 0.5) is 17.3 Å². The fraction of sp³-hybridized carbons (Fsp3) is 0.269. The van der Waals surface area contributed by atoms with Crippen molar-refractivity contribution in [2.24, 2.45) is 7.05 Å². The number of benzene rings is 2. The monoisotopic (exact) mass is 472 g/mol. The Bertz CT molecular complexity index is 1310. The molecule has 1 saturated heterocycles. The molecule has 0 aliphatic carbocycles. The second-order valence-electron chi connectivity index (χ2n) is 8.53. The van der Waals surface area contributed by atoms with E-state index in [-0.39, 0.29) is 4.87 Å². The van der Waals surface area contributed by atoms with E-state index in [2.05, 4.69) is 79.7 Å². The number of rotatable bonds is 6. The minimum Gasteiger partial charge on any atom is -0.369 e. The zero-order valence-corrected chi connectivity index (χ0v) is 20.3. The average Bonchev–Trinajstić information content (AvgIpc) is 3.13. The molecule has 4 aromatic rings. The Hall–Kier alpha value is -3.49. The lowest BCUT2D eigenvalue weighted by molar-refractivity contribution is 0.250. The molecular formula is C26H28N6OS. The van der Waals surface area contributed by atoms with Gasteiger partial charge in [0, 0.05) is 63.0 Å². The second kappa shape index (κ2) is 9.79. The van der Waals surface area contributed by atoms with Gasteiger partial charge in [0.05, 0.1) is 10.6 Å². The Balaban J connectivity index is 1.21. The number of piperazine rings is 1. The molecule has 7 nitrogen and oxygen atoms in total. The summed E-state index contributed by atoms with van der Waals surface area (Å²) in [6.45, 7) is 7.09. The molecule has 3 heterocycles. The summed E-state index contributed by atoms with van der Waals surface area (Å²) in [5.41, 5.74) is 5.19. The van der Waals surface area contributed by atoms with Gasteiger partial charge >= 0.3 is 4.87 Å². The zero-order valence-electron chi connectivity index (χ0n) is 19.4. The summed E-state index contributed by atoms with van der Waals surface area (Å²) >= 11 is 1.21. The number of hydrogen-bond acceptors (Lipinski definition) is 7. The van der Waals surface area contributed by atoms with Gasteiger partial charge in [-0.15, -0.1) is 0 Å². The van der Waals surface area contributed by atoms with Crippen molar-refractivity contribution < 1.29 is 0 Å². The summed E-state index contributed by atoms with van der Waals surface area (Å²) in [5, 5.41) is 3.29. The van der Waals surface area contributed by atoms with Gasteiger partial charge in [-0.2, -0.15) is 0 Å². The second-order valence-corrected chi connectivity index (χ2v) is 9.49. The zero-order chi connectivity index (χ0) is 23.5. The van der Waals surface area contributed by atoms with E-state index in [1.54, 1.807) is 17.8 Å². The lowest BCUT2D eigenvalue weighted by Crippen LogP contribution is -2.45. The van der Waals surface area contributed by atoms with E-state index in [0.717, 1.165) is 54.7 Å². The third-order valence-electron chi connectivity index (χ3n) is 6.29. The third kappa shape index (κ3) is 4.88. The summed E-state index contributed by atoms with van der Waals surface area (Å²) in [7, 11) is 1.78. The number of thiazole rings is 1. The maximum absolute atomic E-state index is 12.0. The van der Waals surface area contributed by atoms with Gasteiger partial charge in [-0.25, -0.2) is 9.97 Å². The van der Waals surface area contributed by atoms with Crippen molar-refractivity contribution in [2.75, 3.05) is 36.4 Å². The minimum absolute atomic E-state index is 0.0112. The molecule has 1 aliphatic heterocycles. The predicted octanol–water partition coefficient (Wildman–Crippen LogP) is 4.28. The number of nitrogens with zero attached hydrogens (tertiary/aromatic N) is 5. The Morgan fingerprint density at radius 2 is 1.71 bits per heavy atom. The van der Waals surface area contributed by atoms with Crippen LogP contribution in [0.15, 0.2) is 71.7 Å². The van der Waals surface area contributed by atoms with Gasteiger partial charge in [-0.3, -0.25) is 9.69 Å². The Morgan fingerprint density at radius 3 is 2.38 bits per heavy atom. The van der Waals surface area contributed by atoms with E-state index in [1.165, 1.54) is 22.6 Å². The Morgan fingerprint density at radius 1 is 0.971 bits per heavy atom. The molecule has 0 spiro atoms. The molecule has 1 aliphatic rings. The maximum atomic E-state index is 12.0. The van der Waals surface area contributed by atoms with Crippen molar-refractivity contribution >= 4 is 28.7 Å². The molecule has 2 aromatic carbocycles. The summed E-state index contributed by atoms with van der Waals surface area (Å²) in [6.07, 6.45) is 1.72. The van der Waals surface area contributed by atoms with E-state index in [4.69, 9.17) is 0 Å². The van der Waals surface area contributed by atoms with Crippen LogP contribution in [0.3, 0.4) is 0 Å². The molecule has 8 heteroatoms. The number of nitrogens with one attached hydrogen (secondary N) is 1. The standard InChI is InChI=1S/C26H28N6OS/c1-19-24(34-26(33)30(19)2)23-12-13-27-25(29-23)28-21-8-10-22(11-9-21)32-16-14-31(15-17-32)18-20-6-4-3-5-7-20/h3-13H,14-18H2,1-2H3,(H,27,28,29). The van der Waals surface area contributed by atoms with Crippen LogP contribution in [0.1, 0.15) is 11.3 Å². The van der Waals surface area contributed by atoms with Gasteiger partial charge in [0.1, 0.15) is 0 Å². The molecule has 174 valence electrons. The van der Waals surface area contributed by atoms with Crippen LogP contribution < -0.4 is 15.1 Å². The third-order valence-corrected chi connectivity index (χ3v) is 7.45. The van der Waals surface area contributed by atoms with Crippen LogP contribution in [0.2, 0.25) is 0 Å². The van der Waals surface area contributed by atoms with Crippen LogP contribution in [0.5, 0.6) is 0 Å². The van der Waals surface area contributed by atoms with Gasteiger partial charge < -0.3 is 14.8 Å². The number of aromatic nitrogens is 3. The predicted molar refractivity (Wildman–Crippen MR) is 139 cm³/mol. The molecule has 1 N–H and O–H groups in total. The molecule has 0 radical (unpaired) electrons. The largest absolute Gasteiger partial charge is 0.369 e. The SMILES string of the molecule is Cc1c(-c2ccnc(Nc3ccc(N4CCN(Cc5ccccc5)CC4)cc3)n2)sc(=O)n1C. The highest BCUT2D eigenvalue weighted by Crippen LogP contribution is 2.26. The molecular weight excluding hydrogens is 444 g/mol. The number of hydrogen-bond donors (Lipinski definition) is 1. The Labute approximate surface area is 203 Å². The molecule has 0 unspecified atom stereocenters. The first-order chi connectivity index (χ1) is 16.6. The Kier molecular flexibility index (Phi) is 6.42. The van der Waals surface area contributed by atoms with Crippen LogP contribution in [0.25, 0.3) is 10.6 Å². The van der Waals surface area contributed by atoms with E-state index in [9.17, 15) is 4.79 Å². The van der Waals surface area contributed by atoms with Crippen LogP contribution >= 0.6 is 11.3 Å². The molecule has 0 bridgehead atoms. The van der Waals surface area contributed by atoms with Crippen LogP contribution in [0, 0.1) is 6.92 Å². The maximum Gasteiger partial charge on any atom is 0.307 e. The average molecular weight is 473 g/mol. The molecule has 5 rings (SSSR count). The van der Waals surface area contributed by atoms with Gasteiger partial charge in [-0.1, -0.05) is 41.7 Å². The first-order valence-electron chi connectivity index (χ1n) is 11.4. The van der Waals surface area contributed by atoms with Crippen LogP contribution in [-0.4, -0.2) is 45.6 Å². The molecule has 34 heavy (non-hydrogen) atoms. The molecule has 2 aromatic heterocycles. The normalized spacial score (nSPS) is 14.4. The molecule has 0 saturated carbocycles. The quantitative estimate of drug-likeness (QED) is 0.452. The first-order valence-corrected chi connectivity index (χ1v) is 12.3. The van der Waals surface area contributed by atoms with Gasteiger partial charge in [-0.05, 0) is 42.8 Å². The summed E-state index contributed by atoms with van der Waals surface area (Å²) in [6, 6.07) is 20.9. The van der Waals surface area contributed by atoms with Crippen molar-refractivity contribution in [3.63, 3.8) is 0 Å². The molecule has 0 amide bonds. The summed E-state index contributed by atoms with van der Waals surface area (Å²) in [5.74, 6) is 0.516. The van der Waals surface area contributed by atoms with Crippen molar-refractivity contribution in [3.8, 4) is 10.6 Å². The lowest BCUT2D eigenvalue weighted by Gasteiger charge is -2.36. The van der Waals surface area contributed by atoms with Gasteiger partial charge in [0.2, 0.25) is 5.95 Å². The molecule has 1 fully saturated rings. The van der Waals surface area contributed by atoms with E-state index in [1.807, 2.05) is 13.0 Å². The van der Waals surface area contributed by atoms with E-state index < -0.39 is 0 Å². The summed E-state index contributed by atoms with van der Waals surface area (Å²) in [4.78, 5) is 26.8. The lowest BCUT2D eigenvalue weighted by atomic mass is 10.2. The summed E-state index contributed by atoms with van der Waals surface area (Å²) < 4.78 is 1.65. The smallest absolute Gasteiger partial charge is 0.307 e. The van der Waals surface area contributed by atoms with Crippen molar-refractivity contribution in [2.45, 2.75) is 13.5 Å². The molecule has 0 atom stereocenters. The van der Waals surface area contributed by atoms with Crippen molar-refractivity contribution in [3.05, 3.63) is 87.8 Å². The fourth-order valence-electron chi connectivity index (χ4n) is 4.19. The van der Waals surface area contributed by atoms with Gasteiger partial charge in [0.15, 0.2) is 0 Å². The van der Waals surface area contributed by atoms with Crippen molar-refractivity contribution in [1.82, 2.24) is 19.4 Å². The van der Waals surface area contributed by atoms with Crippen LogP contribution in [-0.2, 0) is 13.6 Å². The highest BCUT2D eigenvalue weighted by Gasteiger charge is 2.17. The van der Waals surface area contributed by atoms with Gasteiger partial charge in [0.25, 0.3) is 0 Å². The first kappa shape index (κ1) is 22.3. The minimum atomic E-state index is 0.0112. The number of anilines is 3. The van der Waals surface area contributed by atoms with E-state index >= 15 is 0 Å². The topological polar surface area (TPSA) is 66.3 Å². The highest BCUT2D eigenvalue weighted by atomic mass is 32.1.